The number of nitrogens with zero attached hydrogens (tertiary/aromatic N) is 2. The number of halogens is 1. The summed E-state index contributed by atoms with van der Waals surface area (Å²) >= 11 is 3.40. The van der Waals surface area contributed by atoms with E-state index in [0.717, 1.165) is 35.8 Å². The van der Waals surface area contributed by atoms with Crippen molar-refractivity contribution in [3.8, 4) is 0 Å². The predicted octanol–water partition coefficient (Wildman–Crippen LogP) is 2.99. The van der Waals surface area contributed by atoms with E-state index in [1.165, 1.54) is 0 Å². The van der Waals surface area contributed by atoms with E-state index in [4.69, 9.17) is 0 Å². The second kappa shape index (κ2) is 5.63. The monoisotopic (exact) mass is 296 g/mol. The average molecular weight is 297 g/mol. The lowest BCUT2D eigenvalue weighted by molar-refractivity contribution is -0.128. The van der Waals surface area contributed by atoms with Crippen molar-refractivity contribution in [2.75, 3.05) is 6.54 Å². The Balaban J connectivity index is 1.98. The normalized spacial score (nSPS) is 20.0. The third-order valence-corrected chi connectivity index (χ3v) is 3.56. The molecule has 17 heavy (non-hydrogen) atoms. The van der Waals surface area contributed by atoms with E-state index < -0.39 is 0 Å². The minimum atomic E-state index is 0.281. The van der Waals surface area contributed by atoms with Crippen LogP contribution in [0.5, 0.6) is 0 Å². The van der Waals surface area contributed by atoms with Crippen LogP contribution < -0.4 is 0 Å². The second-order valence-corrected chi connectivity index (χ2v) is 5.56. The Morgan fingerprint density at radius 1 is 1.53 bits per heavy atom. The van der Waals surface area contributed by atoms with Gasteiger partial charge < -0.3 is 4.90 Å². The van der Waals surface area contributed by atoms with Gasteiger partial charge in [0.25, 0.3) is 0 Å². The largest absolute Gasteiger partial charge is 0.338 e. The van der Waals surface area contributed by atoms with Gasteiger partial charge in [-0.3, -0.25) is 9.78 Å². The minimum absolute atomic E-state index is 0.281. The summed E-state index contributed by atoms with van der Waals surface area (Å²) in [7, 11) is 0. The van der Waals surface area contributed by atoms with Crippen LogP contribution >= 0.6 is 15.9 Å². The fourth-order valence-corrected chi connectivity index (χ4v) is 2.78. The van der Waals surface area contributed by atoms with Crippen molar-refractivity contribution in [1.82, 2.24) is 9.88 Å². The van der Waals surface area contributed by atoms with Gasteiger partial charge in [-0.2, -0.15) is 0 Å². The standard InChI is InChI=1S/C13H17BrN2O/c1-2-3-10-5-13(17)16(8-10)9-11-4-12(14)7-15-6-11/h4,6-7,10H,2-3,5,8-9H2,1H3. The van der Waals surface area contributed by atoms with Crippen molar-refractivity contribution in [3.63, 3.8) is 0 Å². The molecule has 1 fully saturated rings. The quantitative estimate of drug-likeness (QED) is 0.856. The Hall–Kier alpha value is -0.900. The summed E-state index contributed by atoms with van der Waals surface area (Å²) in [6.45, 7) is 3.76. The third-order valence-electron chi connectivity index (χ3n) is 3.13. The van der Waals surface area contributed by atoms with Crippen LogP contribution in [0.25, 0.3) is 0 Å². The third kappa shape index (κ3) is 3.28. The van der Waals surface area contributed by atoms with Gasteiger partial charge in [0.15, 0.2) is 0 Å². The van der Waals surface area contributed by atoms with Crippen molar-refractivity contribution in [3.05, 3.63) is 28.5 Å². The van der Waals surface area contributed by atoms with E-state index in [2.05, 4.69) is 27.8 Å². The first-order chi connectivity index (χ1) is 8.19. The summed E-state index contributed by atoms with van der Waals surface area (Å²) in [6.07, 6.45) is 6.61. The van der Waals surface area contributed by atoms with Gasteiger partial charge in [0.05, 0.1) is 0 Å². The summed E-state index contributed by atoms with van der Waals surface area (Å²) < 4.78 is 0.965. The molecule has 0 radical (unpaired) electrons. The number of carbonyl (C=O) groups excluding carboxylic acids is 1. The summed E-state index contributed by atoms with van der Waals surface area (Å²) in [5.41, 5.74) is 1.09. The number of pyridine rings is 1. The topological polar surface area (TPSA) is 33.2 Å². The van der Waals surface area contributed by atoms with Crippen LogP contribution in [0.2, 0.25) is 0 Å². The number of hydrogen-bond donors (Lipinski definition) is 0. The lowest BCUT2D eigenvalue weighted by atomic mass is 10.0. The Labute approximate surface area is 110 Å². The van der Waals surface area contributed by atoms with Crippen LogP contribution in [-0.4, -0.2) is 22.3 Å². The Bertz CT molecular complexity index is 408. The van der Waals surface area contributed by atoms with Crippen molar-refractivity contribution in [2.45, 2.75) is 32.7 Å². The molecule has 0 bridgehead atoms. The molecular formula is C13H17BrN2O. The molecule has 3 nitrogen and oxygen atoms in total. The van der Waals surface area contributed by atoms with Crippen LogP contribution in [-0.2, 0) is 11.3 Å². The first-order valence-electron chi connectivity index (χ1n) is 6.06. The lowest BCUT2D eigenvalue weighted by Gasteiger charge is -2.16. The van der Waals surface area contributed by atoms with Gasteiger partial charge in [-0.15, -0.1) is 0 Å². The number of amides is 1. The second-order valence-electron chi connectivity index (χ2n) is 4.64. The molecule has 0 saturated carbocycles. The maximum atomic E-state index is 11.8. The first-order valence-corrected chi connectivity index (χ1v) is 6.85. The Morgan fingerprint density at radius 2 is 2.35 bits per heavy atom. The van der Waals surface area contributed by atoms with E-state index in [-0.39, 0.29) is 5.91 Å². The lowest BCUT2D eigenvalue weighted by Crippen LogP contribution is -2.24. The highest BCUT2D eigenvalue weighted by Crippen LogP contribution is 2.24. The molecule has 0 spiro atoms. The summed E-state index contributed by atoms with van der Waals surface area (Å²) in [6, 6.07) is 2.02. The molecule has 1 amide bonds. The molecule has 4 heteroatoms. The van der Waals surface area contributed by atoms with Gasteiger partial charge in [0, 0.05) is 36.4 Å². The van der Waals surface area contributed by atoms with E-state index in [1.54, 1.807) is 6.20 Å². The van der Waals surface area contributed by atoms with Crippen LogP contribution in [0.4, 0.5) is 0 Å². The number of aromatic nitrogens is 1. The highest BCUT2D eigenvalue weighted by Gasteiger charge is 2.28. The summed E-state index contributed by atoms with van der Waals surface area (Å²) in [5.74, 6) is 0.830. The van der Waals surface area contributed by atoms with Gasteiger partial charge in [0.2, 0.25) is 5.91 Å². The molecule has 1 saturated heterocycles. The van der Waals surface area contributed by atoms with Crippen molar-refractivity contribution >= 4 is 21.8 Å². The van der Waals surface area contributed by atoms with E-state index >= 15 is 0 Å². The molecule has 1 unspecified atom stereocenters. The fourth-order valence-electron chi connectivity index (χ4n) is 2.37. The molecule has 1 aliphatic rings. The van der Waals surface area contributed by atoms with Crippen LogP contribution in [0, 0.1) is 5.92 Å². The predicted molar refractivity (Wildman–Crippen MR) is 70.4 cm³/mol. The zero-order chi connectivity index (χ0) is 12.3. The van der Waals surface area contributed by atoms with Gasteiger partial charge in [-0.25, -0.2) is 0 Å². The maximum absolute atomic E-state index is 11.8. The molecule has 1 aromatic heterocycles. The molecule has 1 aromatic rings. The van der Waals surface area contributed by atoms with Crippen LogP contribution in [0.15, 0.2) is 22.9 Å². The van der Waals surface area contributed by atoms with Crippen LogP contribution in [0.1, 0.15) is 31.7 Å². The molecule has 0 N–H and O–H groups in total. The number of rotatable bonds is 4. The first kappa shape index (κ1) is 12.6. The SMILES string of the molecule is CCCC1CC(=O)N(Cc2cncc(Br)c2)C1. The number of likely N-dealkylation sites (tertiary alicyclic amines) is 1. The van der Waals surface area contributed by atoms with E-state index in [1.807, 2.05) is 17.2 Å². The van der Waals surface area contributed by atoms with Crippen molar-refractivity contribution < 1.29 is 4.79 Å². The molecule has 92 valence electrons. The molecule has 2 rings (SSSR count). The van der Waals surface area contributed by atoms with E-state index in [0.29, 0.717) is 12.5 Å². The van der Waals surface area contributed by atoms with Gasteiger partial charge >= 0.3 is 0 Å². The van der Waals surface area contributed by atoms with Crippen molar-refractivity contribution in [1.29, 1.82) is 0 Å². The van der Waals surface area contributed by atoms with Crippen molar-refractivity contribution in [2.24, 2.45) is 5.92 Å². The average Bonchev–Trinajstić information content (AvgIpc) is 2.60. The Kier molecular flexibility index (Phi) is 4.15. The summed E-state index contributed by atoms with van der Waals surface area (Å²) in [4.78, 5) is 17.9. The smallest absolute Gasteiger partial charge is 0.223 e. The molecular weight excluding hydrogens is 280 g/mol. The highest BCUT2D eigenvalue weighted by molar-refractivity contribution is 9.10. The van der Waals surface area contributed by atoms with Gasteiger partial charge in [0.1, 0.15) is 0 Å². The zero-order valence-corrected chi connectivity index (χ0v) is 11.6. The molecule has 1 atom stereocenters. The maximum Gasteiger partial charge on any atom is 0.223 e. The Morgan fingerprint density at radius 3 is 3.06 bits per heavy atom. The molecule has 1 aliphatic heterocycles. The minimum Gasteiger partial charge on any atom is -0.338 e. The molecule has 0 aromatic carbocycles. The van der Waals surface area contributed by atoms with Crippen LogP contribution in [0.3, 0.4) is 0 Å². The molecule has 0 aliphatic carbocycles. The van der Waals surface area contributed by atoms with Gasteiger partial charge in [-0.1, -0.05) is 13.3 Å². The molecule has 2 heterocycles. The number of hydrogen-bond acceptors (Lipinski definition) is 2. The zero-order valence-electron chi connectivity index (χ0n) is 10.0. The fraction of sp³-hybridized carbons (Fsp3) is 0.538. The summed E-state index contributed by atoms with van der Waals surface area (Å²) in [5, 5.41) is 0. The highest BCUT2D eigenvalue weighted by atomic mass is 79.9. The van der Waals surface area contributed by atoms with E-state index in [9.17, 15) is 4.79 Å². The van der Waals surface area contributed by atoms with Gasteiger partial charge in [-0.05, 0) is 39.9 Å². The number of carbonyl (C=O) groups is 1.